The lowest BCUT2D eigenvalue weighted by molar-refractivity contribution is -0.134. The highest BCUT2D eigenvalue weighted by Gasteiger charge is 2.17. The van der Waals surface area contributed by atoms with Crippen LogP contribution in [0.3, 0.4) is 0 Å². The molecule has 0 aromatic rings. The number of rotatable bonds is 27. The Balaban J connectivity index is 3.66. The van der Waals surface area contributed by atoms with E-state index in [4.69, 9.17) is 4.74 Å². The molecular weight excluding hydrogens is 426 g/mol. The summed E-state index contributed by atoms with van der Waals surface area (Å²) < 4.78 is 5.64. The number of carbonyl (C=O) groups excluding carboxylic acids is 1. The van der Waals surface area contributed by atoms with E-state index in [1.165, 1.54) is 103 Å². The molecule has 1 atom stereocenters. The monoisotopic (exact) mass is 485 g/mol. The lowest BCUT2D eigenvalue weighted by Crippen LogP contribution is -2.40. The number of aliphatic hydroxyl groups excluding tert-OH is 2. The highest BCUT2D eigenvalue weighted by atomic mass is 16.5. The number of carbonyl (C=O) groups is 1. The Morgan fingerprint density at radius 3 is 1.62 bits per heavy atom. The van der Waals surface area contributed by atoms with Gasteiger partial charge in [0.05, 0.1) is 19.3 Å². The molecule has 0 aliphatic rings. The second kappa shape index (κ2) is 26.9. The number of ether oxygens (including phenoxy) is 1. The Morgan fingerprint density at radius 1 is 0.706 bits per heavy atom. The summed E-state index contributed by atoms with van der Waals surface area (Å²) in [5.74, 6) is 0.0302. The largest absolute Gasteiger partial charge is 0.395 e. The Kier molecular flexibility index (Phi) is 26.4. The number of unbranched alkanes of at least 4 members (excludes halogenated alkanes) is 17. The van der Waals surface area contributed by atoms with Crippen LogP contribution in [0.4, 0.5) is 0 Å². The predicted octanol–water partition coefficient (Wildman–Crippen LogP) is 7.03. The van der Waals surface area contributed by atoms with Gasteiger partial charge in [0, 0.05) is 26.1 Å². The molecule has 0 saturated carbocycles. The summed E-state index contributed by atoms with van der Waals surface area (Å²) in [6.07, 6.45) is 23.8. The van der Waals surface area contributed by atoms with Crippen LogP contribution >= 0.6 is 0 Å². The average molecular weight is 486 g/mol. The van der Waals surface area contributed by atoms with E-state index in [9.17, 15) is 15.0 Å². The minimum atomic E-state index is -0.693. The van der Waals surface area contributed by atoms with Crippen LogP contribution in [-0.4, -0.2) is 60.0 Å². The van der Waals surface area contributed by atoms with E-state index in [-0.39, 0.29) is 32.2 Å². The molecular formula is C29H59NO4. The number of hydrogen-bond acceptors (Lipinski definition) is 4. The van der Waals surface area contributed by atoms with Crippen molar-refractivity contribution < 1.29 is 19.7 Å². The summed E-state index contributed by atoms with van der Waals surface area (Å²) in [4.78, 5) is 14.1. The van der Waals surface area contributed by atoms with E-state index in [0.717, 1.165) is 19.3 Å². The first-order chi connectivity index (χ1) is 16.7. The standard InChI is InChI=1S/C29H59NO4/c1-3-5-7-9-11-12-13-14-15-17-19-21-25-34-27-28(32)26-30(23-24-31)29(33)22-20-18-16-10-8-6-4-2/h28,31-32H,3-27H2,1-2H3. The first kappa shape index (κ1) is 33.4. The van der Waals surface area contributed by atoms with Gasteiger partial charge >= 0.3 is 0 Å². The second-order valence-corrected chi connectivity index (χ2v) is 10.1. The summed E-state index contributed by atoms with van der Waals surface area (Å²) in [5.41, 5.74) is 0. The van der Waals surface area contributed by atoms with Crippen molar-refractivity contribution in [2.45, 2.75) is 148 Å². The average Bonchev–Trinajstić information content (AvgIpc) is 2.83. The molecule has 0 fully saturated rings. The summed E-state index contributed by atoms with van der Waals surface area (Å²) in [5, 5.41) is 19.6. The van der Waals surface area contributed by atoms with Gasteiger partial charge in [0.25, 0.3) is 0 Å². The summed E-state index contributed by atoms with van der Waals surface area (Å²) in [6.45, 7) is 5.86. The Labute approximate surface area is 212 Å². The molecule has 5 nitrogen and oxygen atoms in total. The zero-order valence-electron chi connectivity index (χ0n) is 22.9. The van der Waals surface area contributed by atoms with Crippen LogP contribution in [-0.2, 0) is 9.53 Å². The molecule has 0 aromatic heterocycles. The van der Waals surface area contributed by atoms with Crippen LogP contribution in [0.1, 0.15) is 142 Å². The lowest BCUT2D eigenvalue weighted by Gasteiger charge is -2.24. The Morgan fingerprint density at radius 2 is 1.15 bits per heavy atom. The molecule has 0 heterocycles. The third-order valence-electron chi connectivity index (χ3n) is 6.60. The smallest absolute Gasteiger partial charge is 0.222 e. The van der Waals surface area contributed by atoms with Gasteiger partial charge in [-0.2, -0.15) is 0 Å². The third kappa shape index (κ3) is 23.1. The maximum atomic E-state index is 12.5. The minimum absolute atomic E-state index is 0.0302. The topological polar surface area (TPSA) is 70.0 Å². The van der Waals surface area contributed by atoms with Gasteiger partial charge in [-0.05, 0) is 12.8 Å². The lowest BCUT2D eigenvalue weighted by atomic mass is 10.1. The molecule has 0 saturated heterocycles. The van der Waals surface area contributed by atoms with E-state index in [1.807, 2.05) is 0 Å². The van der Waals surface area contributed by atoms with Gasteiger partial charge in [-0.15, -0.1) is 0 Å². The van der Waals surface area contributed by atoms with Gasteiger partial charge in [0.15, 0.2) is 0 Å². The number of hydrogen-bond donors (Lipinski definition) is 2. The van der Waals surface area contributed by atoms with Crippen molar-refractivity contribution >= 4 is 5.91 Å². The molecule has 0 aliphatic heterocycles. The van der Waals surface area contributed by atoms with Crippen LogP contribution in [0.15, 0.2) is 0 Å². The van der Waals surface area contributed by atoms with Gasteiger partial charge in [-0.25, -0.2) is 0 Å². The molecule has 0 radical (unpaired) electrons. The predicted molar refractivity (Wildman–Crippen MR) is 144 cm³/mol. The molecule has 1 amide bonds. The van der Waals surface area contributed by atoms with Gasteiger partial charge in [-0.1, -0.05) is 123 Å². The molecule has 34 heavy (non-hydrogen) atoms. The van der Waals surface area contributed by atoms with Crippen molar-refractivity contribution in [2.24, 2.45) is 0 Å². The van der Waals surface area contributed by atoms with Crippen molar-refractivity contribution in [3.8, 4) is 0 Å². The maximum Gasteiger partial charge on any atom is 0.222 e. The van der Waals surface area contributed by atoms with Gasteiger partial charge in [0.2, 0.25) is 5.91 Å². The first-order valence-corrected chi connectivity index (χ1v) is 14.8. The van der Waals surface area contributed by atoms with Crippen LogP contribution in [0, 0.1) is 0 Å². The van der Waals surface area contributed by atoms with E-state index in [1.54, 1.807) is 4.90 Å². The second-order valence-electron chi connectivity index (χ2n) is 10.1. The minimum Gasteiger partial charge on any atom is -0.395 e. The third-order valence-corrected chi connectivity index (χ3v) is 6.60. The van der Waals surface area contributed by atoms with Crippen molar-refractivity contribution in [3.63, 3.8) is 0 Å². The normalized spacial score (nSPS) is 12.2. The van der Waals surface area contributed by atoms with Gasteiger partial charge < -0.3 is 19.8 Å². The quantitative estimate of drug-likeness (QED) is 0.123. The van der Waals surface area contributed by atoms with Crippen molar-refractivity contribution in [2.75, 3.05) is 32.9 Å². The van der Waals surface area contributed by atoms with E-state index in [0.29, 0.717) is 13.0 Å². The van der Waals surface area contributed by atoms with Crippen LogP contribution in [0.2, 0.25) is 0 Å². The molecule has 0 bridgehead atoms. The fraction of sp³-hybridized carbons (Fsp3) is 0.966. The SMILES string of the molecule is CCCCCCCCCCCCCCOCC(O)CN(CCO)C(=O)CCCCCCCCC. The zero-order valence-corrected chi connectivity index (χ0v) is 22.9. The van der Waals surface area contributed by atoms with Crippen molar-refractivity contribution in [3.05, 3.63) is 0 Å². The fourth-order valence-electron chi connectivity index (χ4n) is 4.40. The van der Waals surface area contributed by atoms with Crippen LogP contribution < -0.4 is 0 Å². The Bertz CT molecular complexity index is 419. The molecule has 0 aliphatic carbocycles. The highest BCUT2D eigenvalue weighted by molar-refractivity contribution is 5.76. The molecule has 204 valence electrons. The molecule has 0 rings (SSSR count). The van der Waals surface area contributed by atoms with E-state index in [2.05, 4.69) is 13.8 Å². The van der Waals surface area contributed by atoms with Crippen LogP contribution in [0.5, 0.6) is 0 Å². The van der Waals surface area contributed by atoms with Crippen molar-refractivity contribution in [1.82, 2.24) is 4.90 Å². The molecule has 0 spiro atoms. The zero-order chi connectivity index (χ0) is 25.1. The number of amides is 1. The van der Waals surface area contributed by atoms with Gasteiger partial charge in [-0.3, -0.25) is 4.79 Å². The fourth-order valence-corrected chi connectivity index (χ4v) is 4.40. The molecule has 1 unspecified atom stereocenters. The Hall–Kier alpha value is -0.650. The first-order valence-electron chi connectivity index (χ1n) is 14.8. The van der Waals surface area contributed by atoms with Crippen molar-refractivity contribution in [1.29, 1.82) is 0 Å². The summed E-state index contributed by atoms with van der Waals surface area (Å²) in [7, 11) is 0. The number of nitrogens with zero attached hydrogens (tertiary/aromatic N) is 1. The maximum absolute atomic E-state index is 12.5. The van der Waals surface area contributed by atoms with E-state index >= 15 is 0 Å². The van der Waals surface area contributed by atoms with Gasteiger partial charge in [0.1, 0.15) is 0 Å². The molecule has 5 heteroatoms. The summed E-state index contributed by atoms with van der Waals surface area (Å²) >= 11 is 0. The number of aliphatic hydroxyl groups is 2. The summed E-state index contributed by atoms with van der Waals surface area (Å²) in [6, 6.07) is 0. The molecule has 2 N–H and O–H groups in total. The molecule has 0 aromatic carbocycles. The van der Waals surface area contributed by atoms with E-state index < -0.39 is 6.10 Å². The van der Waals surface area contributed by atoms with Crippen LogP contribution in [0.25, 0.3) is 0 Å². The highest BCUT2D eigenvalue weighted by Crippen LogP contribution is 2.12.